The first kappa shape index (κ1) is 35.6. The maximum atomic E-state index is 15.4. The lowest BCUT2D eigenvalue weighted by atomic mass is 9.66. The number of carbonyl (C=O) groups is 2. The van der Waals surface area contributed by atoms with Crippen LogP contribution in [-0.2, 0) is 36.1 Å². The second-order valence-electron chi connectivity index (χ2n) is 14.2. The summed E-state index contributed by atoms with van der Waals surface area (Å²) in [7, 11) is -1.84. The summed E-state index contributed by atoms with van der Waals surface area (Å²) in [6.07, 6.45) is 4.49. The van der Waals surface area contributed by atoms with E-state index in [1.54, 1.807) is 44.9 Å². The van der Waals surface area contributed by atoms with Gasteiger partial charge in [0.15, 0.2) is 0 Å². The predicted octanol–water partition coefficient (Wildman–Crippen LogP) is 6.68. The van der Waals surface area contributed by atoms with Gasteiger partial charge in [0.05, 0.1) is 11.9 Å². The summed E-state index contributed by atoms with van der Waals surface area (Å²) in [5.41, 5.74) is 0.596. The lowest BCUT2D eigenvalue weighted by Gasteiger charge is -2.44. The maximum absolute atomic E-state index is 15.4. The number of rotatable bonds is 8. The molecule has 0 spiro atoms. The highest BCUT2D eigenvalue weighted by Gasteiger charge is 2.44. The van der Waals surface area contributed by atoms with Crippen molar-refractivity contribution in [2.45, 2.75) is 108 Å². The molecule has 2 unspecified atom stereocenters. The van der Waals surface area contributed by atoms with Crippen LogP contribution in [0.1, 0.15) is 83.3 Å². The summed E-state index contributed by atoms with van der Waals surface area (Å²) < 4.78 is 54.7. The Bertz CT molecular complexity index is 1540. The SMILES string of the molecule is COC1CCC(CC(=O)Nc2cccc(F)c2CCC2CN(C(=O)OC(C)(C)C)[C@@H]3CCCS(=O)(=O)N2C3)(c2ccc(Cl)cc2)CC1. The highest BCUT2D eigenvalue weighted by molar-refractivity contribution is 7.89. The fourth-order valence-electron chi connectivity index (χ4n) is 7.40. The summed E-state index contributed by atoms with van der Waals surface area (Å²) in [5, 5.41) is 3.61. The van der Waals surface area contributed by atoms with Crippen molar-refractivity contribution >= 4 is 39.3 Å². The summed E-state index contributed by atoms with van der Waals surface area (Å²) in [4.78, 5) is 28.5. The van der Waals surface area contributed by atoms with E-state index >= 15 is 4.39 Å². The first-order chi connectivity index (χ1) is 22.2. The number of methoxy groups -OCH3 is 1. The Labute approximate surface area is 283 Å². The van der Waals surface area contributed by atoms with Crippen molar-refractivity contribution in [3.63, 3.8) is 0 Å². The summed E-state index contributed by atoms with van der Waals surface area (Å²) in [5.74, 6) is -0.703. The van der Waals surface area contributed by atoms with Crippen molar-refractivity contribution in [1.29, 1.82) is 0 Å². The van der Waals surface area contributed by atoms with Gasteiger partial charge < -0.3 is 19.7 Å². The molecule has 2 bridgehead atoms. The zero-order chi connectivity index (χ0) is 34.0. The van der Waals surface area contributed by atoms with Crippen LogP contribution in [0.2, 0.25) is 5.02 Å². The number of halogens is 2. The van der Waals surface area contributed by atoms with Crippen LogP contribution < -0.4 is 5.32 Å². The molecule has 3 atom stereocenters. The molecule has 2 amide bonds. The van der Waals surface area contributed by atoms with Gasteiger partial charge in [-0.3, -0.25) is 4.79 Å². The van der Waals surface area contributed by atoms with E-state index in [0.29, 0.717) is 29.1 Å². The van der Waals surface area contributed by atoms with E-state index in [2.05, 4.69) is 5.32 Å². The number of anilines is 1. The van der Waals surface area contributed by atoms with Gasteiger partial charge in [-0.25, -0.2) is 17.6 Å². The summed E-state index contributed by atoms with van der Waals surface area (Å²) >= 11 is 6.18. The molecule has 0 aromatic heterocycles. The standard InChI is InChI=1S/C35H47ClFN3O6S/c1-34(2,3)46-33(42)39-22-27(40-23-26(39)7-6-20-47(40,43)44)14-15-29-30(37)8-5-9-31(29)38-32(41)21-35(18-16-28(45-4)17-19-35)24-10-12-25(36)13-11-24/h5,8-13,26-28H,6-7,14-23H2,1-4H3,(H,38,41)/t26-,27?,28?,35?/m1/s1. The van der Waals surface area contributed by atoms with Gasteiger partial charge in [0, 0.05) is 60.4 Å². The minimum atomic E-state index is -3.55. The number of benzene rings is 2. The summed E-state index contributed by atoms with van der Waals surface area (Å²) in [6.45, 7) is 5.73. The van der Waals surface area contributed by atoms with Crippen molar-refractivity contribution in [1.82, 2.24) is 9.21 Å². The number of fused-ring (bicyclic) bond motifs is 2. The van der Waals surface area contributed by atoms with Crippen LogP contribution in [0.5, 0.6) is 0 Å². The Morgan fingerprint density at radius 1 is 1.06 bits per heavy atom. The lowest BCUT2D eigenvalue weighted by molar-refractivity contribution is -0.118. The highest BCUT2D eigenvalue weighted by atomic mass is 35.5. The predicted molar refractivity (Wildman–Crippen MR) is 181 cm³/mol. The Balaban J connectivity index is 1.34. The molecule has 2 aliphatic heterocycles. The normalized spacial score (nSPS) is 27.5. The minimum absolute atomic E-state index is 0.00363. The third-order valence-electron chi connectivity index (χ3n) is 9.87. The number of carbonyl (C=O) groups excluding carboxylic acids is 2. The first-order valence-electron chi connectivity index (χ1n) is 16.5. The number of piperazine rings is 1. The third-order valence-corrected chi connectivity index (χ3v) is 12.1. The van der Waals surface area contributed by atoms with Crippen molar-refractivity contribution in [3.8, 4) is 0 Å². The molecule has 12 heteroatoms. The van der Waals surface area contributed by atoms with E-state index < -0.39 is 39.0 Å². The van der Waals surface area contributed by atoms with Gasteiger partial charge in [0.2, 0.25) is 15.9 Å². The Morgan fingerprint density at radius 3 is 2.43 bits per heavy atom. The van der Waals surface area contributed by atoms with E-state index in [1.807, 2.05) is 24.3 Å². The number of nitrogens with zero attached hydrogens (tertiary/aromatic N) is 2. The van der Waals surface area contributed by atoms with Crippen LogP contribution in [0.4, 0.5) is 14.9 Å². The van der Waals surface area contributed by atoms with Crippen molar-refractivity contribution in [2.75, 3.05) is 31.3 Å². The summed E-state index contributed by atoms with van der Waals surface area (Å²) in [6, 6.07) is 11.4. The van der Waals surface area contributed by atoms with Gasteiger partial charge >= 0.3 is 6.09 Å². The molecule has 2 aromatic rings. The number of hydrogen-bond donors (Lipinski definition) is 1. The Kier molecular flexibility index (Phi) is 10.9. The monoisotopic (exact) mass is 691 g/mol. The van der Waals surface area contributed by atoms with Gasteiger partial charge in [0.1, 0.15) is 11.4 Å². The van der Waals surface area contributed by atoms with Crippen LogP contribution in [-0.4, -0.2) is 79.4 Å². The minimum Gasteiger partial charge on any atom is -0.444 e. The molecule has 2 aromatic carbocycles. The maximum Gasteiger partial charge on any atom is 0.410 e. The van der Waals surface area contributed by atoms with E-state index in [4.69, 9.17) is 21.1 Å². The van der Waals surface area contributed by atoms with Crippen molar-refractivity contribution in [2.24, 2.45) is 0 Å². The van der Waals surface area contributed by atoms with Gasteiger partial charge in [-0.2, -0.15) is 4.31 Å². The molecule has 9 nitrogen and oxygen atoms in total. The topological polar surface area (TPSA) is 105 Å². The van der Waals surface area contributed by atoms with Crippen LogP contribution in [0.25, 0.3) is 0 Å². The Hall–Kier alpha value is -2.73. The van der Waals surface area contributed by atoms with Crippen LogP contribution in [0, 0.1) is 5.82 Å². The molecule has 3 aliphatic rings. The zero-order valence-electron chi connectivity index (χ0n) is 27.8. The van der Waals surface area contributed by atoms with Crippen molar-refractivity contribution < 1.29 is 31.9 Å². The zero-order valence-corrected chi connectivity index (χ0v) is 29.3. The van der Waals surface area contributed by atoms with E-state index in [0.717, 1.165) is 31.2 Å². The van der Waals surface area contributed by atoms with Gasteiger partial charge in [0.25, 0.3) is 0 Å². The average molecular weight is 692 g/mol. The molecule has 0 radical (unpaired) electrons. The fourth-order valence-corrected chi connectivity index (χ4v) is 9.32. The number of hydrogen-bond acceptors (Lipinski definition) is 6. The number of nitrogens with one attached hydrogen (secondary N) is 1. The van der Waals surface area contributed by atoms with Gasteiger partial charge in [-0.1, -0.05) is 29.8 Å². The largest absolute Gasteiger partial charge is 0.444 e. The quantitative estimate of drug-likeness (QED) is 0.331. The number of amides is 2. The molecular formula is C35H47ClFN3O6S. The van der Waals surface area contributed by atoms with Crippen LogP contribution in [0.15, 0.2) is 42.5 Å². The van der Waals surface area contributed by atoms with Crippen molar-refractivity contribution in [3.05, 3.63) is 64.4 Å². The molecule has 2 saturated heterocycles. The molecule has 1 N–H and O–H groups in total. The first-order valence-corrected chi connectivity index (χ1v) is 18.5. The molecular weight excluding hydrogens is 645 g/mol. The molecule has 47 heavy (non-hydrogen) atoms. The Morgan fingerprint density at radius 2 is 1.77 bits per heavy atom. The number of sulfonamides is 1. The number of ether oxygens (including phenoxy) is 2. The molecule has 1 saturated carbocycles. The third kappa shape index (κ3) is 8.47. The second-order valence-corrected chi connectivity index (χ2v) is 16.7. The van der Waals surface area contributed by atoms with E-state index in [-0.39, 0.29) is 56.2 Å². The van der Waals surface area contributed by atoms with E-state index in [9.17, 15) is 18.0 Å². The highest BCUT2D eigenvalue weighted by Crippen LogP contribution is 2.43. The smallest absolute Gasteiger partial charge is 0.410 e. The molecule has 258 valence electrons. The second kappa shape index (κ2) is 14.4. The molecule has 5 rings (SSSR count). The molecule has 3 fully saturated rings. The lowest BCUT2D eigenvalue weighted by Crippen LogP contribution is -2.60. The van der Waals surface area contributed by atoms with Crippen LogP contribution in [0.3, 0.4) is 0 Å². The average Bonchev–Trinajstić information content (AvgIpc) is 3.13. The molecule has 1 aliphatic carbocycles. The van der Waals surface area contributed by atoms with Gasteiger partial charge in [-0.15, -0.1) is 0 Å². The van der Waals surface area contributed by atoms with E-state index in [1.165, 1.54) is 10.4 Å². The van der Waals surface area contributed by atoms with Gasteiger partial charge in [-0.05, 0) is 102 Å². The fraction of sp³-hybridized carbons (Fsp3) is 0.600. The van der Waals surface area contributed by atoms with Crippen LogP contribution >= 0.6 is 11.6 Å². The molecule has 2 heterocycles.